The van der Waals surface area contributed by atoms with Gasteiger partial charge in [0, 0.05) is 18.7 Å². The van der Waals surface area contributed by atoms with Gasteiger partial charge in [-0.3, -0.25) is 14.6 Å². The van der Waals surface area contributed by atoms with Crippen molar-refractivity contribution >= 4 is 11.8 Å². The van der Waals surface area contributed by atoms with Crippen LogP contribution in [-0.4, -0.2) is 28.2 Å². The van der Waals surface area contributed by atoms with Crippen LogP contribution in [0.3, 0.4) is 0 Å². The van der Waals surface area contributed by atoms with Crippen molar-refractivity contribution in [1.82, 2.24) is 15.2 Å². The number of nitrogens with one attached hydrogen (secondary N) is 1. The van der Waals surface area contributed by atoms with E-state index < -0.39 is 0 Å². The van der Waals surface area contributed by atoms with Crippen molar-refractivity contribution in [3.63, 3.8) is 0 Å². The Labute approximate surface area is 134 Å². The van der Waals surface area contributed by atoms with Gasteiger partial charge in [0.05, 0.1) is 31.0 Å². The SMILES string of the molecule is Cc1cccc(CNC(=O)C2CC(=O)N(Cc3ccco3)C2)n1. The minimum Gasteiger partial charge on any atom is -0.467 e. The summed E-state index contributed by atoms with van der Waals surface area (Å²) in [6, 6.07) is 9.30. The first-order valence-electron chi connectivity index (χ1n) is 7.62. The molecule has 1 unspecified atom stereocenters. The standard InChI is InChI=1S/C17H19N3O3/c1-12-4-2-5-14(19-12)9-18-17(22)13-8-16(21)20(10-13)11-15-6-3-7-23-15/h2-7,13H,8-11H2,1H3,(H,18,22). The second kappa shape index (κ2) is 6.64. The zero-order valence-electron chi connectivity index (χ0n) is 13.0. The topological polar surface area (TPSA) is 75.4 Å². The molecule has 1 N–H and O–H groups in total. The van der Waals surface area contributed by atoms with Gasteiger partial charge >= 0.3 is 0 Å². The zero-order valence-corrected chi connectivity index (χ0v) is 13.0. The average molecular weight is 313 g/mol. The third-order valence-corrected chi connectivity index (χ3v) is 3.90. The van der Waals surface area contributed by atoms with E-state index in [2.05, 4.69) is 10.3 Å². The summed E-state index contributed by atoms with van der Waals surface area (Å²) in [6.45, 7) is 3.12. The zero-order chi connectivity index (χ0) is 16.2. The van der Waals surface area contributed by atoms with Crippen LogP contribution in [0.15, 0.2) is 41.0 Å². The van der Waals surface area contributed by atoms with E-state index in [4.69, 9.17) is 4.42 Å². The van der Waals surface area contributed by atoms with Gasteiger partial charge in [-0.25, -0.2) is 0 Å². The van der Waals surface area contributed by atoms with Gasteiger partial charge in [0.25, 0.3) is 0 Å². The van der Waals surface area contributed by atoms with Gasteiger partial charge in [0.2, 0.25) is 11.8 Å². The maximum Gasteiger partial charge on any atom is 0.225 e. The Morgan fingerprint density at radius 1 is 1.39 bits per heavy atom. The lowest BCUT2D eigenvalue weighted by molar-refractivity contribution is -0.129. The molecule has 1 saturated heterocycles. The molecule has 3 heterocycles. The van der Waals surface area contributed by atoms with Crippen molar-refractivity contribution in [2.24, 2.45) is 5.92 Å². The van der Waals surface area contributed by atoms with Crippen molar-refractivity contribution in [2.45, 2.75) is 26.4 Å². The monoisotopic (exact) mass is 313 g/mol. The van der Waals surface area contributed by atoms with E-state index in [9.17, 15) is 9.59 Å². The largest absolute Gasteiger partial charge is 0.467 e. The highest BCUT2D eigenvalue weighted by Gasteiger charge is 2.34. The number of amides is 2. The van der Waals surface area contributed by atoms with Crippen LogP contribution >= 0.6 is 0 Å². The minimum absolute atomic E-state index is 0.0183. The number of hydrogen-bond donors (Lipinski definition) is 1. The van der Waals surface area contributed by atoms with Gasteiger partial charge in [-0.1, -0.05) is 6.07 Å². The summed E-state index contributed by atoms with van der Waals surface area (Å²) in [6.07, 6.45) is 1.82. The number of carbonyl (C=O) groups is 2. The first kappa shape index (κ1) is 15.3. The molecule has 2 amide bonds. The van der Waals surface area contributed by atoms with Gasteiger partial charge < -0.3 is 14.6 Å². The van der Waals surface area contributed by atoms with Crippen molar-refractivity contribution in [1.29, 1.82) is 0 Å². The van der Waals surface area contributed by atoms with Crippen LogP contribution in [0, 0.1) is 12.8 Å². The molecule has 120 valence electrons. The molecular weight excluding hydrogens is 294 g/mol. The first-order chi connectivity index (χ1) is 11.1. The van der Waals surface area contributed by atoms with Crippen LogP contribution in [0.25, 0.3) is 0 Å². The Hall–Kier alpha value is -2.63. The fourth-order valence-electron chi connectivity index (χ4n) is 2.71. The molecule has 2 aromatic heterocycles. The van der Waals surface area contributed by atoms with Crippen molar-refractivity contribution in [3.05, 3.63) is 53.7 Å². The van der Waals surface area contributed by atoms with Crippen LogP contribution in [0.2, 0.25) is 0 Å². The molecule has 1 fully saturated rings. The molecule has 0 aromatic carbocycles. The van der Waals surface area contributed by atoms with Gasteiger partial charge in [-0.15, -0.1) is 0 Å². The predicted octanol–water partition coefficient (Wildman–Crippen LogP) is 1.65. The van der Waals surface area contributed by atoms with Crippen LogP contribution in [0.1, 0.15) is 23.6 Å². The van der Waals surface area contributed by atoms with Gasteiger partial charge in [0.1, 0.15) is 5.76 Å². The second-order valence-corrected chi connectivity index (χ2v) is 5.74. The smallest absolute Gasteiger partial charge is 0.225 e. The summed E-state index contributed by atoms with van der Waals surface area (Å²) in [4.78, 5) is 30.3. The Balaban J connectivity index is 1.53. The van der Waals surface area contributed by atoms with Gasteiger partial charge in [-0.2, -0.15) is 0 Å². The van der Waals surface area contributed by atoms with Crippen LogP contribution in [0.5, 0.6) is 0 Å². The highest BCUT2D eigenvalue weighted by Crippen LogP contribution is 2.20. The van der Waals surface area contributed by atoms with Gasteiger partial charge in [-0.05, 0) is 31.2 Å². The normalized spacial score (nSPS) is 17.5. The van der Waals surface area contributed by atoms with E-state index in [1.807, 2.05) is 31.2 Å². The molecule has 1 atom stereocenters. The Morgan fingerprint density at radius 3 is 3.00 bits per heavy atom. The molecule has 3 rings (SSSR count). The fraction of sp³-hybridized carbons (Fsp3) is 0.353. The maximum absolute atomic E-state index is 12.3. The summed E-state index contributed by atoms with van der Waals surface area (Å²) in [5.41, 5.74) is 1.73. The van der Waals surface area contributed by atoms with Crippen molar-refractivity contribution in [3.8, 4) is 0 Å². The number of furan rings is 1. The summed E-state index contributed by atoms with van der Waals surface area (Å²) in [5, 5.41) is 2.86. The molecule has 0 spiro atoms. The maximum atomic E-state index is 12.3. The predicted molar refractivity (Wildman–Crippen MR) is 83.1 cm³/mol. The lowest BCUT2D eigenvalue weighted by atomic mass is 10.1. The van der Waals surface area contributed by atoms with Gasteiger partial charge in [0.15, 0.2) is 0 Å². The van der Waals surface area contributed by atoms with E-state index in [1.165, 1.54) is 0 Å². The van der Waals surface area contributed by atoms with Crippen LogP contribution in [-0.2, 0) is 22.7 Å². The van der Waals surface area contributed by atoms with Crippen molar-refractivity contribution in [2.75, 3.05) is 6.54 Å². The number of aromatic nitrogens is 1. The van der Waals surface area contributed by atoms with E-state index in [1.54, 1.807) is 17.2 Å². The Bertz CT molecular complexity index is 697. The third-order valence-electron chi connectivity index (χ3n) is 3.90. The average Bonchev–Trinajstić information content (AvgIpc) is 3.16. The van der Waals surface area contributed by atoms with E-state index in [0.29, 0.717) is 19.6 Å². The highest BCUT2D eigenvalue weighted by molar-refractivity contribution is 5.89. The number of rotatable bonds is 5. The number of aryl methyl sites for hydroxylation is 1. The lowest BCUT2D eigenvalue weighted by Gasteiger charge is -2.15. The molecule has 0 aliphatic carbocycles. The number of nitrogens with zero attached hydrogens (tertiary/aromatic N) is 2. The lowest BCUT2D eigenvalue weighted by Crippen LogP contribution is -2.32. The van der Waals surface area contributed by atoms with Crippen molar-refractivity contribution < 1.29 is 14.0 Å². The van der Waals surface area contributed by atoms with E-state index in [0.717, 1.165) is 17.1 Å². The van der Waals surface area contributed by atoms with Crippen LogP contribution in [0.4, 0.5) is 0 Å². The van der Waals surface area contributed by atoms with Crippen LogP contribution < -0.4 is 5.32 Å². The second-order valence-electron chi connectivity index (χ2n) is 5.74. The molecule has 6 heteroatoms. The third kappa shape index (κ3) is 3.77. The molecular formula is C17H19N3O3. The summed E-state index contributed by atoms with van der Waals surface area (Å²) >= 11 is 0. The molecule has 1 aliphatic heterocycles. The Kier molecular flexibility index (Phi) is 4.41. The summed E-state index contributed by atoms with van der Waals surface area (Å²) in [5.74, 6) is 0.282. The quantitative estimate of drug-likeness (QED) is 0.910. The fourth-order valence-corrected chi connectivity index (χ4v) is 2.71. The van der Waals surface area contributed by atoms with E-state index >= 15 is 0 Å². The summed E-state index contributed by atoms with van der Waals surface area (Å²) in [7, 11) is 0. The number of carbonyl (C=O) groups excluding carboxylic acids is 2. The molecule has 0 radical (unpaired) electrons. The molecule has 1 aliphatic rings. The minimum atomic E-state index is -0.317. The number of hydrogen-bond acceptors (Lipinski definition) is 4. The summed E-state index contributed by atoms with van der Waals surface area (Å²) < 4.78 is 5.25. The number of likely N-dealkylation sites (tertiary alicyclic amines) is 1. The first-order valence-corrected chi connectivity index (χ1v) is 7.62. The Morgan fingerprint density at radius 2 is 2.26 bits per heavy atom. The molecule has 2 aromatic rings. The number of pyridine rings is 1. The molecule has 0 saturated carbocycles. The molecule has 23 heavy (non-hydrogen) atoms. The van der Waals surface area contributed by atoms with E-state index in [-0.39, 0.29) is 24.2 Å². The highest BCUT2D eigenvalue weighted by atomic mass is 16.3. The molecule has 6 nitrogen and oxygen atoms in total. The molecule has 0 bridgehead atoms.